The van der Waals surface area contributed by atoms with Crippen molar-refractivity contribution in [2.75, 3.05) is 0 Å². The zero-order valence-electron chi connectivity index (χ0n) is 17.6. The van der Waals surface area contributed by atoms with Crippen molar-refractivity contribution in [1.29, 1.82) is 0 Å². The molecule has 0 radical (unpaired) electrons. The number of carbonyl (C=O) groups is 1. The largest absolute Gasteiger partial charge is 0.479 e. The highest BCUT2D eigenvalue weighted by Gasteiger charge is 2.32. The quantitative estimate of drug-likeness (QED) is 0.157. The van der Waals surface area contributed by atoms with Crippen LogP contribution in [-0.2, 0) is 11.2 Å². The predicted molar refractivity (Wildman–Crippen MR) is 113 cm³/mol. The molecule has 28 heavy (non-hydrogen) atoms. The number of nitrogens with zero attached hydrogens (tertiary/aromatic N) is 1. The number of benzene rings is 1. The van der Waals surface area contributed by atoms with Crippen LogP contribution in [-0.4, -0.2) is 11.6 Å². The van der Waals surface area contributed by atoms with E-state index in [1.165, 1.54) is 12.5 Å². The van der Waals surface area contributed by atoms with Crippen molar-refractivity contribution >= 4 is 17.7 Å². The van der Waals surface area contributed by atoms with Gasteiger partial charge in [-0.05, 0) is 69.8 Å². The fourth-order valence-corrected chi connectivity index (χ4v) is 3.35. The van der Waals surface area contributed by atoms with Gasteiger partial charge in [-0.3, -0.25) is 4.79 Å². The van der Waals surface area contributed by atoms with E-state index in [1.807, 2.05) is 19.1 Å². The summed E-state index contributed by atoms with van der Waals surface area (Å²) in [7, 11) is 0. The second kappa shape index (κ2) is 9.67. The van der Waals surface area contributed by atoms with Gasteiger partial charge in [0.05, 0.1) is 0 Å². The van der Waals surface area contributed by atoms with Gasteiger partial charge in [0.15, 0.2) is 11.5 Å². The van der Waals surface area contributed by atoms with Crippen LogP contribution >= 0.6 is 0 Å². The first-order valence-corrected chi connectivity index (χ1v) is 10.0. The molecule has 1 unspecified atom stereocenters. The molecule has 0 N–H and O–H groups in total. The van der Waals surface area contributed by atoms with Gasteiger partial charge in [-0.1, -0.05) is 31.4 Å². The fraction of sp³-hybridized carbons (Fsp3) is 0.522. The highest BCUT2D eigenvalue weighted by atomic mass is 16.6. The molecule has 1 atom stereocenters. The van der Waals surface area contributed by atoms with Gasteiger partial charge in [0.25, 0.3) is 0 Å². The number of aryl methyl sites for hydroxylation is 1. The van der Waals surface area contributed by atoms with E-state index >= 15 is 0 Å². The van der Waals surface area contributed by atoms with Crippen LogP contribution in [0.1, 0.15) is 77.8 Å². The summed E-state index contributed by atoms with van der Waals surface area (Å²) >= 11 is 0. The Hall–Kier alpha value is -2.43. The molecule has 1 heterocycles. The lowest BCUT2D eigenvalue weighted by atomic mass is 9.92. The molecule has 0 fully saturated rings. The molecule has 0 amide bonds. The zero-order valence-corrected chi connectivity index (χ0v) is 17.6. The van der Waals surface area contributed by atoms with Gasteiger partial charge >= 0.3 is 5.97 Å². The second-order valence-electron chi connectivity index (χ2n) is 7.84. The molecule has 1 aliphatic heterocycles. The minimum Gasteiger partial charge on any atom is -0.479 e. The van der Waals surface area contributed by atoms with Crippen LogP contribution in [0.15, 0.2) is 29.0 Å². The van der Waals surface area contributed by atoms with E-state index in [9.17, 15) is 9.70 Å². The number of ether oxygens (including phenoxy) is 2. The molecule has 0 aliphatic carbocycles. The number of esters is 1. The Bertz CT molecular complexity index is 790. The third-order valence-electron chi connectivity index (χ3n) is 4.85. The minimum absolute atomic E-state index is 0.319. The first-order valence-electron chi connectivity index (χ1n) is 10.0. The molecular weight excluding hydrogens is 354 g/mol. The Labute approximate surface area is 167 Å². The number of carbonyl (C=O) groups excluding carboxylic acids is 1. The fourth-order valence-electron chi connectivity index (χ4n) is 3.35. The van der Waals surface area contributed by atoms with Crippen molar-refractivity contribution in [2.24, 2.45) is 5.18 Å². The smallest absolute Gasteiger partial charge is 0.308 e. The summed E-state index contributed by atoms with van der Waals surface area (Å²) in [4.78, 5) is 23.2. The molecule has 1 aromatic carbocycles. The van der Waals surface area contributed by atoms with Crippen LogP contribution in [0.3, 0.4) is 0 Å². The van der Waals surface area contributed by atoms with Gasteiger partial charge in [0.1, 0.15) is 11.3 Å². The lowest BCUT2D eigenvalue weighted by Crippen LogP contribution is -2.32. The number of rotatable bonds is 9. The Balaban J connectivity index is 2.46. The first-order chi connectivity index (χ1) is 13.3. The monoisotopic (exact) mass is 385 g/mol. The lowest BCUT2D eigenvalue weighted by Gasteiger charge is -2.33. The molecule has 2 rings (SSSR count). The van der Waals surface area contributed by atoms with E-state index < -0.39 is 11.6 Å². The lowest BCUT2D eigenvalue weighted by molar-refractivity contribution is -0.132. The molecular formula is C23H31NO4. The van der Waals surface area contributed by atoms with Gasteiger partial charge < -0.3 is 9.47 Å². The Morgan fingerprint density at radius 2 is 2.04 bits per heavy atom. The summed E-state index contributed by atoms with van der Waals surface area (Å²) in [6.45, 7) is 9.64. The predicted octanol–water partition coefficient (Wildman–Crippen LogP) is 6.65. The van der Waals surface area contributed by atoms with Crippen LogP contribution in [0, 0.1) is 4.91 Å². The Morgan fingerprint density at radius 1 is 1.29 bits per heavy atom. The van der Waals surface area contributed by atoms with Crippen LogP contribution in [0.5, 0.6) is 11.5 Å². The van der Waals surface area contributed by atoms with Crippen molar-refractivity contribution in [3.63, 3.8) is 0 Å². The molecule has 0 spiro atoms. The average molecular weight is 386 g/mol. The van der Waals surface area contributed by atoms with E-state index in [-0.39, 0.29) is 0 Å². The van der Waals surface area contributed by atoms with E-state index in [2.05, 4.69) is 32.0 Å². The van der Waals surface area contributed by atoms with Crippen molar-refractivity contribution in [3.05, 3.63) is 39.8 Å². The van der Waals surface area contributed by atoms with Gasteiger partial charge in [-0.25, -0.2) is 0 Å². The summed E-state index contributed by atoms with van der Waals surface area (Å²) in [5.74, 6) is 0.458. The minimum atomic E-state index is -0.546. The Morgan fingerprint density at radius 3 is 2.64 bits per heavy atom. The zero-order chi connectivity index (χ0) is 20.7. The molecule has 0 saturated heterocycles. The highest BCUT2D eigenvalue weighted by molar-refractivity contribution is 5.80. The van der Waals surface area contributed by atoms with Crippen LogP contribution < -0.4 is 9.47 Å². The van der Waals surface area contributed by atoms with Gasteiger partial charge in [-0.2, -0.15) is 0 Å². The molecule has 5 nitrogen and oxygen atoms in total. The SMILES string of the molecule is CCCCCc1cc(N=O)c2c(c1OC(C)=O)OC(C)(CCC=C(C)C)C=C2. The summed E-state index contributed by atoms with van der Waals surface area (Å²) in [6, 6.07) is 1.72. The maximum Gasteiger partial charge on any atom is 0.308 e. The van der Waals surface area contributed by atoms with Crippen molar-refractivity contribution in [1.82, 2.24) is 0 Å². The molecule has 0 aromatic heterocycles. The highest BCUT2D eigenvalue weighted by Crippen LogP contribution is 2.47. The second-order valence-corrected chi connectivity index (χ2v) is 7.84. The van der Waals surface area contributed by atoms with E-state index in [0.717, 1.165) is 37.7 Å². The molecule has 5 heteroatoms. The van der Waals surface area contributed by atoms with E-state index in [0.29, 0.717) is 29.2 Å². The van der Waals surface area contributed by atoms with Crippen LogP contribution in [0.2, 0.25) is 0 Å². The Kier molecular flexibility index (Phi) is 7.55. The van der Waals surface area contributed by atoms with Gasteiger partial charge in [0, 0.05) is 18.1 Å². The third kappa shape index (κ3) is 5.54. The summed E-state index contributed by atoms with van der Waals surface area (Å²) < 4.78 is 11.9. The van der Waals surface area contributed by atoms with Crippen molar-refractivity contribution in [3.8, 4) is 11.5 Å². The summed E-state index contributed by atoms with van der Waals surface area (Å²) in [6.07, 6.45) is 11.4. The number of nitroso groups, excluding NO2 is 1. The average Bonchev–Trinajstić information content (AvgIpc) is 2.62. The number of unbranched alkanes of at least 4 members (excludes halogenated alkanes) is 2. The molecule has 0 saturated carbocycles. The normalized spacial score (nSPS) is 17.5. The molecule has 152 valence electrons. The maximum atomic E-state index is 11.8. The molecule has 1 aliphatic rings. The van der Waals surface area contributed by atoms with Gasteiger partial charge in [0.2, 0.25) is 0 Å². The summed E-state index contributed by atoms with van der Waals surface area (Å²) in [5, 5.41) is 3.19. The molecule has 1 aromatic rings. The van der Waals surface area contributed by atoms with E-state index in [4.69, 9.17) is 9.47 Å². The number of allylic oxidation sites excluding steroid dienone is 2. The first kappa shape index (κ1) is 21.9. The maximum absolute atomic E-state index is 11.8. The third-order valence-corrected chi connectivity index (χ3v) is 4.85. The van der Waals surface area contributed by atoms with Crippen LogP contribution in [0.25, 0.3) is 6.08 Å². The van der Waals surface area contributed by atoms with Crippen molar-refractivity contribution < 1.29 is 14.3 Å². The topological polar surface area (TPSA) is 65.0 Å². The van der Waals surface area contributed by atoms with Crippen molar-refractivity contribution in [2.45, 2.75) is 78.7 Å². The standard InChI is InChI=1S/C23H31NO4/c1-6-7-8-11-18-15-20(24-26)19-12-14-23(5,13-9-10-16(2)3)28-22(19)21(18)27-17(4)25/h10,12,14-15H,6-9,11,13H2,1-5H3. The molecule has 0 bridgehead atoms. The number of hydrogen-bond donors (Lipinski definition) is 0. The summed E-state index contributed by atoms with van der Waals surface area (Å²) in [5.41, 5.74) is 2.40. The van der Waals surface area contributed by atoms with Gasteiger partial charge in [-0.15, -0.1) is 4.91 Å². The van der Waals surface area contributed by atoms with E-state index in [1.54, 1.807) is 6.07 Å². The number of hydrogen-bond acceptors (Lipinski definition) is 5. The number of fused-ring (bicyclic) bond motifs is 1. The van der Waals surface area contributed by atoms with Crippen LogP contribution in [0.4, 0.5) is 5.69 Å².